The number of piperidine rings is 1. The maximum atomic E-state index is 12.0. The molecule has 5 nitrogen and oxygen atoms in total. The number of hydrogen-bond acceptors (Lipinski definition) is 4. The third-order valence-corrected chi connectivity index (χ3v) is 4.12. The van der Waals surface area contributed by atoms with E-state index in [0.717, 1.165) is 37.4 Å². The monoisotopic (exact) mass is 291 g/mol. The van der Waals surface area contributed by atoms with Gasteiger partial charge in [0.15, 0.2) is 0 Å². The van der Waals surface area contributed by atoms with E-state index in [9.17, 15) is 4.79 Å². The van der Waals surface area contributed by atoms with Crippen LogP contribution in [0.2, 0.25) is 0 Å². The summed E-state index contributed by atoms with van der Waals surface area (Å²) in [5, 5.41) is 2.91. The summed E-state index contributed by atoms with van der Waals surface area (Å²) < 4.78 is 5.09. The van der Waals surface area contributed by atoms with Gasteiger partial charge in [-0.15, -0.1) is 0 Å². The van der Waals surface area contributed by atoms with E-state index in [-0.39, 0.29) is 11.9 Å². The lowest BCUT2D eigenvalue weighted by atomic mass is 9.91. The van der Waals surface area contributed by atoms with Crippen molar-refractivity contribution in [1.29, 1.82) is 0 Å². The highest BCUT2D eigenvalue weighted by Crippen LogP contribution is 2.19. The van der Waals surface area contributed by atoms with Gasteiger partial charge < -0.3 is 15.8 Å². The molecule has 1 heterocycles. The van der Waals surface area contributed by atoms with Gasteiger partial charge in [-0.1, -0.05) is 0 Å². The van der Waals surface area contributed by atoms with E-state index >= 15 is 0 Å². The van der Waals surface area contributed by atoms with E-state index < -0.39 is 0 Å². The number of anilines is 1. The largest absolute Gasteiger partial charge is 0.497 e. The van der Waals surface area contributed by atoms with Gasteiger partial charge >= 0.3 is 0 Å². The number of amides is 1. The van der Waals surface area contributed by atoms with E-state index in [2.05, 4.69) is 17.1 Å². The number of carbonyl (C=O) groups is 1. The van der Waals surface area contributed by atoms with Crippen LogP contribution in [0.3, 0.4) is 0 Å². The molecule has 0 aromatic heterocycles. The first-order valence-corrected chi connectivity index (χ1v) is 7.50. The van der Waals surface area contributed by atoms with Crippen LogP contribution in [0.15, 0.2) is 24.3 Å². The zero-order valence-electron chi connectivity index (χ0n) is 12.8. The SMILES string of the molecule is COc1ccc(NC(=O)CN2CCC(C(C)N)CC2)cc1. The van der Waals surface area contributed by atoms with Crippen molar-refractivity contribution in [2.45, 2.75) is 25.8 Å². The van der Waals surface area contributed by atoms with Crippen LogP contribution >= 0.6 is 0 Å². The van der Waals surface area contributed by atoms with Crippen LogP contribution < -0.4 is 15.8 Å². The lowest BCUT2D eigenvalue weighted by molar-refractivity contribution is -0.117. The molecular weight excluding hydrogens is 266 g/mol. The van der Waals surface area contributed by atoms with Crippen molar-refractivity contribution in [1.82, 2.24) is 4.90 Å². The first kappa shape index (κ1) is 15.8. The minimum atomic E-state index is 0.0272. The Labute approximate surface area is 126 Å². The van der Waals surface area contributed by atoms with Crippen molar-refractivity contribution < 1.29 is 9.53 Å². The van der Waals surface area contributed by atoms with Crippen LogP contribution in [0.25, 0.3) is 0 Å². The quantitative estimate of drug-likeness (QED) is 0.866. The number of nitrogens with two attached hydrogens (primary N) is 1. The highest BCUT2D eigenvalue weighted by atomic mass is 16.5. The Bertz CT molecular complexity index is 451. The molecule has 2 rings (SSSR count). The van der Waals surface area contributed by atoms with Gasteiger partial charge in [0.2, 0.25) is 5.91 Å². The van der Waals surface area contributed by atoms with E-state index in [0.29, 0.717) is 12.5 Å². The topological polar surface area (TPSA) is 67.6 Å². The standard InChI is InChI=1S/C16H25N3O2/c1-12(17)13-7-9-19(10-8-13)11-16(20)18-14-3-5-15(21-2)6-4-14/h3-6,12-13H,7-11,17H2,1-2H3,(H,18,20). The number of hydrogen-bond donors (Lipinski definition) is 2. The van der Waals surface area contributed by atoms with Gasteiger partial charge in [-0.05, 0) is 63.0 Å². The van der Waals surface area contributed by atoms with E-state index in [4.69, 9.17) is 10.5 Å². The summed E-state index contributed by atoms with van der Waals surface area (Å²) in [5.74, 6) is 1.40. The average Bonchev–Trinajstić information content (AvgIpc) is 2.48. The maximum Gasteiger partial charge on any atom is 0.238 e. The van der Waals surface area contributed by atoms with Crippen molar-refractivity contribution in [2.75, 3.05) is 32.1 Å². The van der Waals surface area contributed by atoms with E-state index in [1.54, 1.807) is 7.11 Å². The van der Waals surface area contributed by atoms with Gasteiger partial charge in [0, 0.05) is 11.7 Å². The minimum Gasteiger partial charge on any atom is -0.497 e. The summed E-state index contributed by atoms with van der Waals surface area (Å²) in [6, 6.07) is 7.62. The Hall–Kier alpha value is -1.59. The predicted octanol–water partition coefficient (Wildman–Crippen LogP) is 1.69. The van der Waals surface area contributed by atoms with Crippen LogP contribution in [-0.4, -0.2) is 43.6 Å². The van der Waals surface area contributed by atoms with Crippen LogP contribution in [0.5, 0.6) is 5.75 Å². The van der Waals surface area contributed by atoms with Gasteiger partial charge in [0.25, 0.3) is 0 Å². The molecule has 5 heteroatoms. The fourth-order valence-corrected chi connectivity index (χ4v) is 2.71. The van der Waals surface area contributed by atoms with E-state index in [1.807, 2.05) is 24.3 Å². The molecule has 116 valence electrons. The molecule has 21 heavy (non-hydrogen) atoms. The van der Waals surface area contributed by atoms with Crippen LogP contribution in [-0.2, 0) is 4.79 Å². The molecule has 0 spiro atoms. The van der Waals surface area contributed by atoms with Crippen molar-refractivity contribution >= 4 is 11.6 Å². The number of rotatable bonds is 5. The predicted molar refractivity (Wildman–Crippen MR) is 84.4 cm³/mol. The summed E-state index contributed by atoms with van der Waals surface area (Å²) in [6.45, 7) is 4.40. The van der Waals surface area contributed by atoms with Crippen molar-refractivity contribution in [3.63, 3.8) is 0 Å². The molecule has 1 amide bonds. The summed E-state index contributed by atoms with van der Waals surface area (Å²) >= 11 is 0. The molecular formula is C16H25N3O2. The van der Waals surface area contributed by atoms with Crippen molar-refractivity contribution in [2.24, 2.45) is 11.7 Å². The third-order valence-electron chi connectivity index (χ3n) is 4.12. The molecule has 1 saturated heterocycles. The Morgan fingerprint density at radius 1 is 1.38 bits per heavy atom. The number of carbonyl (C=O) groups excluding carboxylic acids is 1. The molecule has 1 unspecified atom stereocenters. The summed E-state index contributed by atoms with van der Waals surface area (Å²) in [6.07, 6.45) is 2.15. The Morgan fingerprint density at radius 3 is 2.52 bits per heavy atom. The normalized spacial score (nSPS) is 18.2. The number of nitrogens with zero attached hydrogens (tertiary/aromatic N) is 1. The lowest BCUT2D eigenvalue weighted by Crippen LogP contribution is -2.42. The second kappa shape index (κ2) is 7.43. The highest BCUT2D eigenvalue weighted by molar-refractivity contribution is 5.92. The fourth-order valence-electron chi connectivity index (χ4n) is 2.71. The Kier molecular flexibility index (Phi) is 5.59. The second-order valence-electron chi connectivity index (χ2n) is 5.75. The first-order valence-electron chi connectivity index (χ1n) is 7.50. The average molecular weight is 291 g/mol. The van der Waals surface area contributed by atoms with Crippen LogP contribution in [0.1, 0.15) is 19.8 Å². The van der Waals surface area contributed by atoms with Crippen LogP contribution in [0, 0.1) is 5.92 Å². The number of nitrogens with one attached hydrogen (secondary N) is 1. The second-order valence-corrected chi connectivity index (χ2v) is 5.75. The van der Waals surface area contributed by atoms with Gasteiger partial charge in [0.1, 0.15) is 5.75 Å². The summed E-state index contributed by atoms with van der Waals surface area (Å²) in [7, 11) is 1.62. The molecule has 3 N–H and O–H groups in total. The Morgan fingerprint density at radius 2 is 2.00 bits per heavy atom. The first-order chi connectivity index (χ1) is 10.1. The number of ether oxygens (including phenoxy) is 1. The Balaban J connectivity index is 1.77. The number of benzene rings is 1. The molecule has 1 aromatic rings. The summed E-state index contributed by atoms with van der Waals surface area (Å²) in [4.78, 5) is 14.2. The van der Waals surface area contributed by atoms with E-state index in [1.165, 1.54) is 0 Å². The van der Waals surface area contributed by atoms with Crippen molar-refractivity contribution in [3.05, 3.63) is 24.3 Å². The fraction of sp³-hybridized carbons (Fsp3) is 0.562. The molecule has 0 radical (unpaired) electrons. The van der Waals surface area contributed by atoms with Gasteiger partial charge in [-0.25, -0.2) is 0 Å². The highest BCUT2D eigenvalue weighted by Gasteiger charge is 2.22. The molecule has 0 saturated carbocycles. The molecule has 1 atom stereocenters. The summed E-state index contributed by atoms with van der Waals surface area (Å²) in [5.41, 5.74) is 6.73. The molecule has 1 aliphatic rings. The zero-order chi connectivity index (χ0) is 15.2. The third kappa shape index (κ3) is 4.72. The van der Waals surface area contributed by atoms with Gasteiger partial charge in [-0.2, -0.15) is 0 Å². The molecule has 0 bridgehead atoms. The number of methoxy groups -OCH3 is 1. The lowest BCUT2D eigenvalue weighted by Gasteiger charge is -2.33. The molecule has 0 aliphatic carbocycles. The minimum absolute atomic E-state index is 0.0272. The molecule has 1 aromatic carbocycles. The van der Waals surface area contributed by atoms with Gasteiger partial charge in [-0.3, -0.25) is 9.69 Å². The zero-order valence-corrected chi connectivity index (χ0v) is 12.8. The maximum absolute atomic E-state index is 12.0. The van der Waals surface area contributed by atoms with Crippen molar-refractivity contribution in [3.8, 4) is 5.75 Å². The van der Waals surface area contributed by atoms with Gasteiger partial charge in [0.05, 0.1) is 13.7 Å². The molecule has 1 fully saturated rings. The van der Waals surface area contributed by atoms with Crippen LogP contribution in [0.4, 0.5) is 5.69 Å². The smallest absolute Gasteiger partial charge is 0.238 e. The number of likely N-dealkylation sites (tertiary alicyclic amines) is 1. The molecule has 1 aliphatic heterocycles.